The smallest absolute Gasteiger partial charge is 0.231 e. The van der Waals surface area contributed by atoms with Crippen molar-refractivity contribution >= 4 is 16.8 Å². The van der Waals surface area contributed by atoms with Crippen molar-refractivity contribution in [3.8, 4) is 11.5 Å². The normalized spacial score (nSPS) is 14.5. The monoisotopic (exact) mass is 223 g/mol. The van der Waals surface area contributed by atoms with E-state index in [2.05, 4.69) is 11.9 Å². The highest BCUT2D eigenvalue weighted by Gasteiger charge is 2.17. The van der Waals surface area contributed by atoms with Crippen LogP contribution in [-0.2, 0) is 0 Å². The number of thioether (sulfide) groups is 1. The lowest BCUT2D eigenvalue weighted by Gasteiger charge is -2.07. The molecule has 0 amide bonds. The van der Waals surface area contributed by atoms with E-state index >= 15 is 0 Å². The van der Waals surface area contributed by atoms with Crippen LogP contribution in [0.4, 0.5) is 0 Å². The molecule has 0 bridgehead atoms. The second-order valence-corrected chi connectivity index (χ2v) is 4.05. The highest BCUT2D eigenvalue weighted by Crippen LogP contribution is 2.35. The second kappa shape index (κ2) is 4.14. The maximum Gasteiger partial charge on any atom is 0.231 e. The summed E-state index contributed by atoms with van der Waals surface area (Å²) in [4.78, 5) is 4.25. The van der Waals surface area contributed by atoms with Crippen molar-refractivity contribution in [2.75, 3.05) is 20.1 Å². The number of fused-ring (bicyclic) bond motifs is 1. The van der Waals surface area contributed by atoms with Crippen LogP contribution in [0.2, 0.25) is 0 Å². The molecule has 0 saturated heterocycles. The van der Waals surface area contributed by atoms with E-state index in [4.69, 9.17) is 9.47 Å². The Morgan fingerprint density at radius 1 is 1.33 bits per heavy atom. The highest BCUT2D eigenvalue weighted by molar-refractivity contribution is 8.13. The lowest BCUT2D eigenvalue weighted by molar-refractivity contribution is 0.174. The summed E-state index contributed by atoms with van der Waals surface area (Å²) in [6, 6.07) is 4.00. The summed E-state index contributed by atoms with van der Waals surface area (Å²) in [6.45, 7) is 2.37. The number of ether oxygens (including phenoxy) is 2. The third-order valence-electron chi connectivity index (χ3n) is 2.35. The van der Waals surface area contributed by atoms with E-state index in [0.29, 0.717) is 6.79 Å². The molecule has 0 radical (unpaired) electrons. The zero-order chi connectivity index (χ0) is 10.8. The molecule has 0 fully saturated rings. The van der Waals surface area contributed by atoms with Crippen LogP contribution in [0.1, 0.15) is 11.1 Å². The molecule has 1 aromatic rings. The lowest BCUT2D eigenvalue weighted by atomic mass is 10.1. The average Bonchev–Trinajstić information content (AvgIpc) is 2.67. The van der Waals surface area contributed by atoms with Gasteiger partial charge in [0, 0.05) is 12.6 Å². The molecule has 15 heavy (non-hydrogen) atoms. The SMILES string of the molecule is CN=C(SC)c1cc2c(cc1C)OCO2. The molecule has 3 nitrogen and oxygen atoms in total. The van der Waals surface area contributed by atoms with Gasteiger partial charge in [-0.25, -0.2) is 0 Å². The molecular formula is C11H13NO2S. The summed E-state index contributed by atoms with van der Waals surface area (Å²) in [7, 11) is 1.80. The minimum atomic E-state index is 0.316. The zero-order valence-corrected chi connectivity index (χ0v) is 9.85. The lowest BCUT2D eigenvalue weighted by Crippen LogP contribution is -1.98. The minimum Gasteiger partial charge on any atom is -0.454 e. The average molecular weight is 223 g/mol. The summed E-state index contributed by atoms with van der Waals surface area (Å²) in [5.74, 6) is 1.64. The first-order valence-corrected chi connectivity index (χ1v) is 5.90. The Bertz CT molecular complexity index is 415. The van der Waals surface area contributed by atoms with Crippen molar-refractivity contribution in [1.82, 2.24) is 0 Å². The fourth-order valence-electron chi connectivity index (χ4n) is 1.60. The van der Waals surface area contributed by atoms with Crippen LogP contribution in [0.3, 0.4) is 0 Å². The van der Waals surface area contributed by atoms with Gasteiger partial charge >= 0.3 is 0 Å². The Hall–Kier alpha value is -1.16. The first-order valence-electron chi connectivity index (χ1n) is 4.67. The third kappa shape index (κ3) is 1.81. The molecular weight excluding hydrogens is 210 g/mol. The van der Waals surface area contributed by atoms with Crippen LogP contribution < -0.4 is 9.47 Å². The summed E-state index contributed by atoms with van der Waals surface area (Å²) >= 11 is 1.64. The molecule has 1 aliphatic heterocycles. The van der Waals surface area contributed by atoms with Gasteiger partial charge in [-0.2, -0.15) is 0 Å². The number of rotatable bonds is 1. The predicted molar refractivity (Wildman–Crippen MR) is 63.3 cm³/mol. The molecule has 0 N–H and O–H groups in total. The first kappa shape index (κ1) is 10.4. The second-order valence-electron chi connectivity index (χ2n) is 3.25. The maximum absolute atomic E-state index is 5.35. The Morgan fingerprint density at radius 3 is 2.60 bits per heavy atom. The van der Waals surface area contributed by atoms with E-state index in [1.165, 1.54) is 0 Å². The van der Waals surface area contributed by atoms with E-state index in [-0.39, 0.29) is 0 Å². The highest BCUT2D eigenvalue weighted by atomic mass is 32.2. The van der Waals surface area contributed by atoms with Gasteiger partial charge in [-0.05, 0) is 30.9 Å². The Balaban J connectivity index is 2.49. The molecule has 80 valence electrons. The minimum absolute atomic E-state index is 0.316. The molecule has 1 aliphatic rings. The van der Waals surface area contributed by atoms with Gasteiger partial charge in [0.05, 0.1) is 5.04 Å². The molecule has 1 heterocycles. The van der Waals surface area contributed by atoms with E-state index < -0.39 is 0 Å². The van der Waals surface area contributed by atoms with Crippen molar-refractivity contribution in [1.29, 1.82) is 0 Å². The molecule has 1 aromatic carbocycles. The van der Waals surface area contributed by atoms with Crippen molar-refractivity contribution in [2.24, 2.45) is 4.99 Å². The van der Waals surface area contributed by atoms with Crippen LogP contribution in [0.15, 0.2) is 17.1 Å². The first-order chi connectivity index (χ1) is 7.26. The summed E-state index contributed by atoms with van der Waals surface area (Å²) in [6.07, 6.45) is 2.02. The van der Waals surface area contributed by atoms with E-state index in [1.807, 2.05) is 18.4 Å². The topological polar surface area (TPSA) is 30.8 Å². The number of hydrogen-bond donors (Lipinski definition) is 0. The predicted octanol–water partition coefficient (Wildman–Crippen LogP) is 2.46. The van der Waals surface area contributed by atoms with Gasteiger partial charge in [0.1, 0.15) is 0 Å². The van der Waals surface area contributed by atoms with Crippen molar-refractivity contribution < 1.29 is 9.47 Å². The molecule has 0 aromatic heterocycles. The Morgan fingerprint density at radius 2 is 2.00 bits per heavy atom. The van der Waals surface area contributed by atoms with Gasteiger partial charge < -0.3 is 9.47 Å². The quantitative estimate of drug-likeness (QED) is 0.541. The van der Waals surface area contributed by atoms with Gasteiger partial charge in [-0.3, -0.25) is 4.99 Å². The summed E-state index contributed by atoms with van der Waals surface area (Å²) in [5, 5.41) is 1.02. The zero-order valence-electron chi connectivity index (χ0n) is 9.03. The molecule has 0 aliphatic carbocycles. The summed E-state index contributed by atoms with van der Waals surface area (Å²) < 4.78 is 10.7. The summed E-state index contributed by atoms with van der Waals surface area (Å²) in [5.41, 5.74) is 2.28. The van der Waals surface area contributed by atoms with Crippen LogP contribution >= 0.6 is 11.8 Å². The van der Waals surface area contributed by atoms with Crippen LogP contribution in [-0.4, -0.2) is 25.1 Å². The van der Waals surface area contributed by atoms with Gasteiger partial charge in [-0.15, -0.1) is 11.8 Å². The number of nitrogens with zero attached hydrogens (tertiary/aromatic N) is 1. The maximum atomic E-state index is 5.35. The fraction of sp³-hybridized carbons (Fsp3) is 0.364. The largest absolute Gasteiger partial charge is 0.454 e. The van der Waals surface area contributed by atoms with E-state index in [9.17, 15) is 0 Å². The van der Waals surface area contributed by atoms with Gasteiger partial charge in [0.15, 0.2) is 11.5 Å². The molecule has 0 spiro atoms. The van der Waals surface area contributed by atoms with Crippen LogP contribution in [0.5, 0.6) is 11.5 Å². The Kier molecular flexibility index (Phi) is 2.86. The van der Waals surface area contributed by atoms with Gasteiger partial charge in [-0.1, -0.05) is 0 Å². The number of benzene rings is 1. The molecule has 0 atom stereocenters. The Labute approximate surface area is 93.5 Å². The molecule has 0 unspecified atom stereocenters. The number of aliphatic imine (C=N–C) groups is 1. The number of aryl methyl sites for hydroxylation is 1. The third-order valence-corrected chi connectivity index (χ3v) is 3.14. The van der Waals surface area contributed by atoms with E-state index in [1.54, 1.807) is 18.8 Å². The number of hydrogen-bond acceptors (Lipinski definition) is 4. The van der Waals surface area contributed by atoms with E-state index in [0.717, 1.165) is 27.7 Å². The van der Waals surface area contributed by atoms with Crippen molar-refractivity contribution in [3.63, 3.8) is 0 Å². The molecule has 4 heteroatoms. The van der Waals surface area contributed by atoms with Gasteiger partial charge in [0.25, 0.3) is 0 Å². The van der Waals surface area contributed by atoms with Crippen LogP contribution in [0.25, 0.3) is 0 Å². The molecule has 2 rings (SSSR count). The van der Waals surface area contributed by atoms with Crippen molar-refractivity contribution in [3.05, 3.63) is 23.3 Å². The molecule has 0 saturated carbocycles. The van der Waals surface area contributed by atoms with Crippen LogP contribution in [0, 0.1) is 6.92 Å². The van der Waals surface area contributed by atoms with Crippen molar-refractivity contribution in [2.45, 2.75) is 6.92 Å². The van der Waals surface area contributed by atoms with Gasteiger partial charge in [0.2, 0.25) is 6.79 Å². The standard InChI is InChI=1S/C11H13NO2S/c1-7-4-9-10(14-6-13-9)5-8(7)11(12-2)15-3/h4-5H,6H2,1-3H3. The fourth-order valence-corrected chi connectivity index (χ4v) is 2.22.